The Balaban J connectivity index is 2.57. The van der Waals surface area contributed by atoms with Crippen LogP contribution in [0.5, 0.6) is 0 Å². The number of rotatable bonds is 2. The summed E-state index contributed by atoms with van der Waals surface area (Å²) in [5.74, 6) is -1.09. The van der Waals surface area contributed by atoms with Gasteiger partial charge in [0, 0.05) is 19.8 Å². The lowest BCUT2D eigenvalue weighted by Gasteiger charge is -2.09. The van der Waals surface area contributed by atoms with Gasteiger partial charge in [-0.05, 0) is 19.1 Å². The van der Waals surface area contributed by atoms with Gasteiger partial charge in [-0.3, -0.25) is 14.0 Å². The van der Waals surface area contributed by atoms with Crippen LogP contribution >= 0.6 is 0 Å². The minimum Gasteiger partial charge on any atom is -0.342 e. The van der Waals surface area contributed by atoms with Crippen LogP contribution in [0, 0.1) is 6.92 Å². The zero-order valence-electron chi connectivity index (χ0n) is 9.97. The lowest BCUT2D eigenvalue weighted by atomic mass is 10.2. The first-order valence-electron chi connectivity index (χ1n) is 5.21. The molecule has 0 unspecified atom stereocenters. The van der Waals surface area contributed by atoms with Crippen LogP contribution in [0.15, 0.2) is 24.4 Å². The summed E-state index contributed by atoms with van der Waals surface area (Å²) in [5.41, 5.74) is 1.84. The molecular weight excluding hydrogens is 218 g/mol. The molecule has 0 bridgehead atoms. The zero-order chi connectivity index (χ0) is 12.6. The van der Waals surface area contributed by atoms with Crippen LogP contribution in [0.3, 0.4) is 0 Å². The summed E-state index contributed by atoms with van der Waals surface area (Å²) in [6, 6.07) is 5.52. The highest BCUT2D eigenvalue weighted by atomic mass is 16.2. The summed E-state index contributed by atoms with van der Waals surface area (Å²) in [7, 11) is 3.10. The van der Waals surface area contributed by atoms with E-state index in [1.54, 1.807) is 24.6 Å². The van der Waals surface area contributed by atoms with Gasteiger partial charge in [-0.1, -0.05) is 6.07 Å². The van der Waals surface area contributed by atoms with E-state index in [1.807, 2.05) is 19.1 Å². The molecule has 88 valence electrons. The lowest BCUT2D eigenvalue weighted by Crippen LogP contribution is -2.30. The fourth-order valence-corrected chi connectivity index (χ4v) is 1.68. The van der Waals surface area contributed by atoms with Crippen molar-refractivity contribution in [3.8, 4) is 0 Å². The minimum absolute atomic E-state index is 0.303. The Hall–Kier alpha value is -2.17. The molecule has 0 N–H and O–H groups in total. The number of likely N-dealkylation sites (N-methyl/N-ethyl adjacent to an activating group) is 1. The second-order valence-electron chi connectivity index (χ2n) is 4.03. The SMILES string of the molecule is Cc1cccc2ncc(C(=O)C(=O)N(C)C)n12. The van der Waals surface area contributed by atoms with Crippen molar-refractivity contribution in [1.82, 2.24) is 14.3 Å². The fourth-order valence-electron chi connectivity index (χ4n) is 1.68. The number of imidazole rings is 1. The molecule has 2 aromatic heterocycles. The van der Waals surface area contributed by atoms with E-state index in [0.717, 1.165) is 5.69 Å². The summed E-state index contributed by atoms with van der Waals surface area (Å²) < 4.78 is 1.68. The predicted molar refractivity (Wildman–Crippen MR) is 63.0 cm³/mol. The highest BCUT2D eigenvalue weighted by molar-refractivity contribution is 6.42. The Morgan fingerprint density at radius 2 is 2.00 bits per heavy atom. The van der Waals surface area contributed by atoms with Crippen LogP contribution in [0.2, 0.25) is 0 Å². The number of carbonyl (C=O) groups excluding carboxylic acids is 2. The van der Waals surface area contributed by atoms with Crippen LogP contribution in [-0.2, 0) is 4.79 Å². The topological polar surface area (TPSA) is 54.7 Å². The highest BCUT2D eigenvalue weighted by Crippen LogP contribution is 2.11. The van der Waals surface area contributed by atoms with Gasteiger partial charge >= 0.3 is 0 Å². The molecule has 5 heteroatoms. The molecule has 0 saturated heterocycles. The monoisotopic (exact) mass is 231 g/mol. The number of aryl methyl sites for hydroxylation is 1. The average Bonchev–Trinajstić information content (AvgIpc) is 2.72. The van der Waals surface area contributed by atoms with Gasteiger partial charge in [0.2, 0.25) is 0 Å². The van der Waals surface area contributed by atoms with Gasteiger partial charge in [0.05, 0.1) is 6.20 Å². The van der Waals surface area contributed by atoms with Gasteiger partial charge in [0.15, 0.2) is 0 Å². The molecule has 2 rings (SSSR count). The maximum absolute atomic E-state index is 12.0. The summed E-state index contributed by atoms with van der Waals surface area (Å²) in [5, 5.41) is 0. The normalized spacial score (nSPS) is 10.5. The summed E-state index contributed by atoms with van der Waals surface area (Å²) in [6.07, 6.45) is 1.44. The largest absolute Gasteiger partial charge is 0.342 e. The molecule has 0 radical (unpaired) electrons. The van der Waals surface area contributed by atoms with Gasteiger partial charge < -0.3 is 4.90 Å². The number of amides is 1. The number of carbonyl (C=O) groups is 2. The Bertz CT molecular complexity index is 599. The van der Waals surface area contributed by atoms with E-state index in [1.165, 1.54) is 11.1 Å². The third kappa shape index (κ3) is 1.80. The zero-order valence-corrected chi connectivity index (χ0v) is 9.97. The number of aromatic nitrogens is 2. The predicted octanol–water partition coefficient (Wildman–Crippen LogP) is 0.914. The molecule has 2 aromatic rings. The molecule has 0 spiro atoms. The van der Waals surface area contributed by atoms with E-state index in [9.17, 15) is 9.59 Å². The number of fused-ring (bicyclic) bond motifs is 1. The molecule has 2 heterocycles. The van der Waals surface area contributed by atoms with E-state index < -0.39 is 11.7 Å². The van der Waals surface area contributed by atoms with E-state index in [-0.39, 0.29) is 0 Å². The maximum atomic E-state index is 12.0. The van der Waals surface area contributed by atoms with Crippen molar-refractivity contribution < 1.29 is 9.59 Å². The molecule has 0 aliphatic heterocycles. The van der Waals surface area contributed by atoms with Crippen LogP contribution in [0.25, 0.3) is 5.65 Å². The number of Topliss-reactive ketones (excluding diaryl/α,β-unsaturated/α-hetero) is 1. The number of pyridine rings is 1. The van der Waals surface area contributed by atoms with Crippen molar-refractivity contribution in [3.63, 3.8) is 0 Å². The lowest BCUT2D eigenvalue weighted by molar-refractivity contribution is -0.124. The van der Waals surface area contributed by atoms with Crippen molar-refractivity contribution in [2.24, 2.45) is 0 Å². The van der Waals surface area contributed by atoms with E-state index in [0.29, 0.717) is 11.3 Å². The van der Waals surface area contributed by atoms with E-state index in [4.69, 9.17) is 0 Å². The number of nitrogens with zero attached hydrogens (tertiary/aromatic N) is 3. The van der Waals surface area contributed by atoms with Gasteiger partial charge in [0.1, 0.15) is 11.3 Å². The second kappa shape index (κ2) is 4.01. The summed E-state index contributed by atoms with van der Waals surface area (Å²) in [4.78, 5) is 29.0. The third-order valence-electron chi connectivity index (χ3n) is 2.56. The first-order valence-corrected chi connectivity index (χ1v) is 5.21. The number of hydrogen-bond donors (Lipinski definition) is 0. The van der Waals surface area contributed by atoms with Gasteiger partial charge in [-0.2, -0.15) is 0 Å². The van der Waals surface area contributed by atoms with Crippen molar-refractivity contribution in [1.29, 1.82) is 0 Å². The Kier molecular flexibility index (Phi) is 2.67. The fraction of sp³-hybridized carbons (Fsp3) is 0.250. The first kappa shape index (κ1) is 11.3. The molecule has 0 atom stereocenters. The van der Waals surface area contributed by atoms with Crippen molar-refractivity contribution >= 4 is 17.3 Å². The molecule has 0 aliphatic rings. The molecule has 0 aliphatic carbocycles. The van der Waals surface area contributed by atoms with E-state index in [2.05, 4.69) is 4.98 Å². The van der Waals surface area contributed by atoms with Gasteiger partial charge in [-0.15, -0.1) is 0 Å². The summed E-state index contributed by atoms with van der Waals surface area (Å²) >= 11 is 0. The molecule has 17 heavy (non-hydrogen) atoms. The molecule has 0 fully saturated rings. The van der Waals surface area contributed by atoms with Crippen molar-refractivity contribution in [3.05, 3.63) is 35.8 Å². The Morgan fingerprint density at radius 1 is 1.29 bits per heavy atom. The molecule has 5 nitrogen and oxygen atoms in total. The van der Waals surface area contributed by atoms with Crippen molar-refractivity contribution in [2.45, 2.75) is 6.92 Å². The van der Waals surface area contributed by atoms with Crippen LogP contribution in [0.1, 0.15) is 16.2 Å². The number of ketones is 1. The summed E-state index contributed by atoms with van der Waals surface area (Å²) in [6.45, 7) is 1.87. The van der Waals surface area contributed by atoms with Crippen molar-refractivity contribution in [2.75, 3.05) is 14.1 Å². The molecule has 1 amide bonds. The highest BCUT2D eigenvalue weighted by Gasteiger charge is 2.22. The second-order valence-corrected chi connectivity index (χ2v) is 4.03. The quantitative estimate of drug-likeness (QED) is 0.570. The smallest absolute Gasteiger partial charge is 0.296 e. The minimum atomic E-state index is -0.546. The Morgan fingerprint density at radius 3 is 2.65 bits per heavy atom. The van der Waals surface area contributed by atoms with E-state index >= 15 is 0 Å². The van der Waals surface area contributed by atoms with Gasteiger partial charge in [-0.25, -0.2) is 4.98 Å². The average molecular weight is 231 g/mol. The van der Waals surface area contributed by atoms with Gasteiger partial charge in [0.25, 0.3) is 11.7 Å². The molecule has 0 aromatic carbocycles. The standard InChI is InChI=1S/C12H13N3O2/c1-8-5-4-6-10-13-7-9(15(8)10)11(16)12(17)14(2)3/h4-7H,1-3H3. The van der Waals surface area contributed by atoms with Crippen LogP contribution in [-0.4, -0.2) is 40.1 Å². The molecule has 0 saturated carbocycles. The Labute approximate surface area is 98.7 Å². The van der Waals surface area contributed by atoms with Crippen LogP contribution < -0.4 is 0 Å². The number of hydrogen-bond acceptors (Lipinski definition) is 3. The maximum Gasteiger partial charge on any atom is 0.296 e. The van der Waals surface area contributed by atoms with Crippen LogP contribution in [0.4, 0.5) is 0 Å². The third-order valence-corrected chi connectivity index (χ3v) is 2.56. The first-order chi connectivity index (χ1) is 8.02. The molecular formula is C12H13N3O2.